The second kappa shape index (κ2) is 8.32. The molecule has 1 fully saturated rings. The molecule has 0 unspecified atom stereocenters. The van der Waals surface area contributed by atoms with Crippen molar-refractivity contribution < 1.29 is 22.7 Å². The number of carbonyl (C=O) groups is 1. The number of hydrogen-bond donors (Lipinski definition) is 1. The first-order chi connectivity index (χ1) is 14.8. The van der Waals surface area contributed by atoms with Gasteiger partial charge in [0.2, 0.25) is 5.91 Å². The highest BCUT2D eigenvalue weighted by Crippen LogP contribution is 2.41. The molecular formula is C23H26F3N3O2. The third kappa shape index (κ3) is 4.03. The highest BCUT2D eigenvalue weighted by atomic mass is 19.4. The molecule has 1 N–H and O–H groups in total. The molecule has 2 atom stereocenters. The number of carbonyl (C=O) groups excluding carboxylic acids is 1. The van der Waals surface area contributed by atoms with E-state index < -0.39 is 17.7 Å². The number of methoxy groups -OCH3 is 1. The summed E-state index contributed by atoms with van der Waals surface area (Å²) in [4.78, 5) is 17.2. The van der Waals surface area contributed by atoms with Crippen LogP contribution in [-0.4, -0.2) is 45.2 Å². The number of anilines is 2. The monoisotopic (exact) mass is 433 g/mol. The number of nitrogens with zero attached hydrogens (tertiary/aromatic N) is 2. The molecule has 31 heavy (non-hydrogen) atoms. The molecule has 2 aromatic carbocycles. The number of fused-ring (bicyclic) bond motifs is 3. The van der Waals surface area contributed by atoms with Crippen LogP contribution in [0.15, 0.2) is 42.5 Å². The van der Waals surface area contributed by atoms with E-state index in [-0.39, 0.29) is 18.4 Å². The molecule has 0 aliphatic carbocycles. The quantitative estimate of drug-likeness (QED) is 0.799. The lowest BCUT2D eigenvalue weighted by atomic mass is 9.82. The van der Waals surface area contributed by atoms with Crippen molar-refractivity contribution in [3.8, 4) is 5.75 Å². The molecule has 2 heterocycles. The predicted molar refractivity (Wildman–Crippen MR) is 114 cm³/mol. The molecule has 4 rings (SSSR count). The summed E-state index contributed by atoms with van der Waals surface area (Å²) in [6.07, 6.45) is -4.12. The van der Waals surface area contributed by atoms with E-state index in [0.29, 0.717) is 31.7 Å². The predicted octanol–water partition coefficient (Wildman–Crippen LogP) is 3.72. The lowest BCUT2D eigenvalue weighted by Crippen LogP contribution is -2.61. The number of nitrogens with one attached hydrogen (secondary N) is 1. The van der Waals surface area contributed by atoms with E-state index >= 15 is 0 Å². The van der Waals surface area contributed by atoms with Crippen molar-refractivity contribution in [1.82, 2.24) is 5.32 Å². The Bertz CT molecular complexity index is 963. The van der Waals surface area contributed by atoms with Gasteiger partial charge in [0.25, 0.3) is 0 Å². The molecule has 0 spiro atoms. The van der Waals surface area contributed by atoms with Crippen LogP contribution < -0.4 is 19.9 Å². The Hall–Kier alpha value is -2.90. The van der Waals surface area contributed by atoms with Crippen molar-refractivity contribution in [3.63, 3.8) is 0 Å². The number of rotatable bonds is 4. The number of amides is 1. The SMILES string of the molecule is CCNC(=O)[C@H]1Cc2cc(C(F)(F)F)ccc2N2CCN(c3ccccc3OC)C[C@@H]12. The highest BCUT2D eigenvalue weighted by molar-refractivity contribution is 5.82. The highest BCUT2D eigenvalue weighted by Gasteiger charge is 2.43. The summed E-state index contributed by atoms with van der Waals surface area (Å²) < 4.78 is 45.3. The molecule has 1 amide bonds. The van der Waals surface area contributed by atoms with Gasteiger partial charge in [0.1, 0.15) is 5.75 Å². The molecular weight excluding hydrogens is 407 g/mol. The van der Waals surface area contributed by atoms with Crippen LogP contribution in [0.4, 0.5) is 24.5 Å². The van der Waals surface area contributed by atoms with Crippen LogP contribution >= 0.6 is 0 Å². The van der Waals surface area contributed by atoms with E-state index in [4.69, 9.17) is 4.74 Å². The smallest absolute Gasteiger partial charge is 0.416 e. The van der Waals surface area contributed by atoms with Crippen molar-refractivity contribution in [2.75, 3.05) is 43.1 Å². The molecule has 166 valence electrons. The zero-order chi connectivity index (χ0) is 22.2. The molecule has 0 saturated carbocycles. The van der Waals surface area contributed by atoms with Crippen LogP contribution in [0.25, 0.3) is 0 Å². The zero-order valence-electron chi connectivity index (χ0n) is 17.6. The van der Waals surface area contributed by atoms with Crippen molar-refractivity contribution in [3.05, 3.63) is 53.6 Å². The van der Waals surface area contributed by atoms with Crippen molar-refractivity contribution in [1.29, 1.82) is 0 Å². The van der Waals surface area contributed by atoms with Crippen LogP contribution in [0, 0.1) is 5.92 Å². The molecule has 8 heteroatoms. The Balaban J connectivity index is 1.70. The minimum absolute atomic E-state index is 0.123. The summed E-state index contributed by atoms with van der Waals surface area (Å²) in [6, 6.07) is 11.5. The first-order valence-electron chi connectivity index (χ1n) is 10.5. The molecule has 2 aliphatic rings. The van der Waals surface area contributed by atoms with Crippen LogP contribution in [0.5, 0.6) is 5.75 Å². The molecule has 2 aliphatic heterocycles. The molecule has 5 nitrogen and oxygen atoms in total. The summed E-state index contributed by atoms with van der Waals surface area (Å²) in [7, 11) is 1.63. The van der Waals surface area contributed by atoms with E-state index in [0.717, 1.165) is 23.2 Å². The van der Waals surface area contributed by atoms with Gasteiger partial charge in [-0.15, -0.1) is 0 Å². The fourth-order valence-electron chi connectivity index (χ4n) is 4.71. The van der Waals surface area contributed by atoms with Gasteiger partial charge >= 0.3 is 6.18 Å². The van der Waals surface area contributed by atoms with Crippen molar-refractivity contribution in [2.24, 2.45) is 5.92 Å². The lowest BCUT2D eigenvalue weighted by Gasteiger charge is -2.49. The number of piperazine rings is 1. The largest absolute Gasteiger partial charge is 0.495 e. The standard InChI is InChI=1S/C23H26F3N3O2/c1-3-27-22(30)17-13-15-12-16(23(24,25)26)8-9-18(15)29-11-10-28(14-20(17)29)19-6-4-5-7-21(19)31-2/h4-9,12,17,20H,3,10-11,13-14H2,1-2H3,(H,27,30)/t17-,20-/m0/s1. The second-order valence-corrected chi connectivity index (χ2v) is 7.93. The van der Waals surface area contributed by atoms with Crippen LogP contribution in [0.2, 0.25) is 0 Å². The third-order valence-corrected chi connectivity index (χ3v) is 6.15. The number of para-hydroxylation sites is 2. The number of hydrogen-bond acceptors (Lipinski definition) is 4. The summed E-state index contributed by atoms with van der Waals surface area (Å²) in [5.41, 5.74) is 1.65. The second-order valence-electron chi connectivity index (χ2n) is 7.93. The third-order valence-electron chi connectivity index (χ3n) is 6.15. The Morgan fingerprint density at radius 3 is 2.65 bits per heavy atom. The van der Waals surface area contributed by atoms with E-state index in [1.165, 1.54) is 6.07 Å². The van der Waals surface area contributed by atoms with Gasteiger partial charge in [0, 0.05) is 31.9 Å². The lowest BCUT2D eigenvalue weighted by molar-refractivity contribution is -0.137. The topological polar surface area (TPSA) is 44.8 Å². The Kier molecular flexibility index (Phi) is 5.73. The summed E-state index contributed by atoms with van der Waals surface area (Å²) in [6.45, 7) is 4.20. The fourth-order valence-corrected chi connectivity index (χ4v) is 4.71. The van der Waals surface area contributed by atoms with E-state index in [1.54, 1.807) is 13.2 Å². The van der Waals surface area contributed by atoms with Crippen molar-refractivity contribution >= 4 is 17.3 Å². The zero-order valence-corrected chi connectivity index (χ0v) is 17.6. The van der Waals surface area contributed by atoms with E-state index in [9.17, 15) is 18.0 Å². The van der Waals surface area contributed by atoms with Crippen LogP contribution in [-0.2, 0) is 17.4 Å². The summed E-state index contributed by atoms with van der Waals surface area (Å²) >= 11 is 0. The van der Waals surface area contributed by atoms with Crippen molar-refractivity contribution in [2.45, 2.75) is 25.6 Å². The van der Waals surface area contributed by atoms with Crippen LogP contribution in [0.1, 0.15) is 18.1 Å². The van der Waals surface area contributed by atoms with Gasteiger partial charge in [0.05, 0.1) is 30.3 Å². The maximum Gasteiger partial charge on any atom is 0.416 e. The van der Waals surface area contributed by atoms with Crippen LogP contribution in [0.3, 0.4) is 0 Å². The van der Waals surface area contributed by atoms with Gasteiger partial charge < -0.3 is 19.9 Å². The average molecular weight is 433 g/mol. The minimum Gasteiger partial charge on any atom is -0.495 e. The molecule has 1 saturated heterocycles. The van der Waals surface area contributed by atoms with E-state index in [2.05, 4.69) is 15.1 Å². The average Bonchev–Trinajstić information content (AvgIpc) is 2.77. The van der Waals surface area contributed by atoms with Gasteiger partial charge in [0.15, 0.2) is 0 Å². The van der Waals surface area contributed by atoms with Gasteiger partial charge in [-0.05, 0) is 49.2 Å². The Morgan fingerprint density at radius 1 is 1.16 bits per heavy atom. The number of benzene rings is 2. The maximum atomic E-state index is 13.3. The summed E-state index contributed by atoms with van der Waals surface area (Å²) in [5, 5.41) is 2.87. The maximum absolute atomic E-state index is 13.3. The molecule has 2 aromatic rings. The van der Waals surface area contributed by atoms with Gasteiger partial charge in [-0.1, -0.05) is 12.1 Å². The fraction of sp³-hybridized carbons (Fsp3) is 0.435. The first kappa shape index (κ1) is 21.3. The first-order valence-corrected chi connectivity index (χ1v) is 10.5. The van der Waals surface area contributed by atoms with Gasteiger partial charge in [-0.2, -0.15) is 13.2 Å². The minimum atomic E-state index is -4.41. The van der Waals surface area contributed by atoms with E-state index in [1.807, 2.05) is 31.2 Å². The Morgan fingerprint density at radius 2 is 1.94 bits per heavy atom. The normalized spacial score (nSPS) is 20.7. The number of halogens is 3. The molecule has 0 bridgehead atoms. The number of ether oxygens (including phenoxy) is 1. The molecule has 0 radical (unpaired) electrons. The van der Waals surface area contributed by atoms with Gasteiger partial charge in [-0.3, -0.25) is 4.79 Å². The number of alkyl halides is 3. The summed E-state index contributed by atoms with van der Waals surface area (Å²) in [5.74, 6) is 0.201. The Labute approximate surface area is 179 Å². The van der Waals surface area contributed by atoms with Gasteiger partial charge in [-0.25, -0.2) is 0 Å². The molecule has 0 aromatic heterocycles.